The molecule has 92 valence electrons. The van der Waals surface area contributed by atoms with Gasteiger partial charge in [0.05, 0.1) is 0 Å². The number of nitrogens with one attached hydrogen (secondary N) is 1. The molecule has 0 aliphatic carbocycles. The fraction of sp³-hybridized carbons (Fsp3) is 0.143. The molecule has 2 rings (SSSR count). The fourth-order valence-electron chi connectivity index (χ4n) is 1.62. The van der Waals surface area contributed by atoms with Crippen LogP contribution in [-0.4, -0.2) is 10.9 Å². The average molecular weight is 241 g/mol. The van der Waals surface area contributed by atoms with Gasteiger partial charge in [0.2, 0.25) is 0 Å². The van der Waals surface area contributed by atoms with Gasteiger partial charge in [-0.15, -0.1) is 0 Å². The summed E-state index contributed by atoms with van der Waals surface area (Å²) in [5.74, 6) is -0.220. The third-order valence-electron chi connectivity index (χ3n) is 2.65. The maximum Gasteiger partial charge on any atom is 0.274 e. The van der Waals surface area contributed by atoms with Crippen LogP contribution in [0, 0.1) is 13.8 Å². The minimum absolute atomic E-state index is 0.220. The zero-order valence-electron chi connectivity index (χ0n) is 10.4. The highest BCUT2D eigenvalue weighted by Crippen LogP contribution is 2.17. The van der Waals surface area contributed by atoms with E-state index >= 15 is 0 Å². The first-order chi connectivity index (χ1) is 8.56. The predicted molar refractivity (Wildman–Crippen MR) is 72.5 cm³/mol. The first-order valence-electron chi connectivity index (χ1n) is 5.67. The zero-order valence-corrected chi connectivity index (χ0v) is 10.4. The molecule has 0 aliphatic rings. The highest BCUT2D eigenvalue weighted by Gasteiger charge is 2.07. The monoisotopic (exact) mass is 241 g/mol. The van der Waals surface area contributed by atoms with Crippen LogP contribution in [0.3, 0.4) is 0 Å². The Hall–Kier alpha value is -2.36. The molecule has 18 heavy (non-hydrogen) atoms. The van der Waals surface area contributed by atoms with Crippen LogP contribution in [0.2, 0.25) is 0 Å². The normalized spacial score (nSPS) is 10.1. The number of nitrogens with zero attached hydrogens (tertiary/aromatic N) is 1. The largest absolute Gasteiger partial charge is 0.399 e. The number of carbonyl (C=O) groups is 1. The maximum atomic E-state index is 12.0. The summed E-state index contributed by atoms with van der Waals surface area (Å²) < 4.78 is 0. The van der Waals surface area contributed by atoms with Crippen molar-refractivity contribution in [3.05, 3.63) is 53.3 Å². The lowest BCUT2D eigenvalue weighted by atomic mass is 10.2. The van der Waals surface area contributed by atoms with Crippen LogP contribution < -0.4 is 11.1 Å². The molecule has 3 N–H and O–H groups in total. The van der Waals surface area contributed by atoms with Gasteiger partial charge in [-0.2, -0.15) is 0 Å². The Morgan fingerprint density at radius 2 is 2.00 bits per heavy atom. The molecule has 4 nitrogen and oxygen atoms in total. The highest BCUT2D eigenvalue weighted by atomic mass is 16.1. The van der Waals surface area contributed by atoms with E-state index < -0.39 is 0 Å². The summed E-state index contributed by atoms with van der Waals surface area (Å²) in [7, 11) is 0. The lowest BCUT2D eigenvalue weighted by molar-refractivity contribution is 0.102. The Bertz CT molecular complexity index is 593. The number of anilines is 2. The summed E-state index contributed by atoms with van der Waals surface area (Å²) in [5.41, 5.74) is 9.31. The molecule has 1 heterocycles. The summed E-state index contributed by atoms with van der Waals surface area (Å²) in [6, 6.07) is 10.7. The van der Waals surface area contributed by atoms with Crippen molar-refractivity contribution in [1.82, 2.24) is 4.98 Å². The summed E-state index contributed by atoms with van der Waals surface area (Å²) in [6.07, 6.45) is 0. The molecule has 0 radical (unpaired) electrons. The SMILES string of the molecule is Cc1cccc(C(=O)Nc2ccc(N)c(C)c2)n1. The van der Waals surface area contributed by atoms with E-state index in [1.165, 1.54) is 0 Å². The standard InChI is InChI=1S/C14H15N3O/c1-9-8-11(6-7-12(9)15)17-14(18)13-5-3-4-10(2)16-13/h3-8H,15H2,1-2H3,(H,17,18). The number of pyridine rings is 1. The molecule has 0 spiro atoms. The Kier molecular flexibility index (Phi) is 3.28. The minimum Gasteiger partial charge on any atom is -0.399 e. The van der Waals surface area contributed by atoms with Gasteiger partial charge in [-0.1, -0.05) is 6.07 Å². The van der Waals surface area contributed by atoms with E-state index in [1.807, 2.05) is 32.0 Å². The lowest BCUT2D eigenvalue weighted by Crippen LogP contribution is -2.14. The highest BCUT2D eigenvalue weighted by molar-refractivity contribution is 6.03. The van der Waals surface area contributed by atoms with Gasteiger partial charge < -0.3 is 11.1 Å². The van der Waals surface area contributed by atoms with Crippen LogP contribution in [0.4, 0.5) is 11.4 Å². The molecular formula is C14H15N3O. The second kappa shape index (κ2) is 4.87. The van der Waals surface area contributed by atoms with Gasteiger partial charge in [0.15, 0.2) is 0 Å². The average Bonchev–Trinajstić information content (AvgIpc) is 2.34. The van der Waals surface area contributed by atoms with Crippen molar-refractivity contribution in [1.29, 1.82) is 0 Å². The molecule has 0 saturated heterocycles. The topological polar surface area (TPSA) is 68.0 Å². The number of hydrogen-bond acceptors (Lipinski definition) is 3. The first-order valence-corrected chi connectivity index (χ1v) is 5.67. The Balaban J connectivity index is 2.18. The fourth-order valence-corrected chi connectivity index (χ4v) is 1.62. The van der Waals surface area contributed by atoms with Gasteiger partial charge in [0, 0.05) is 17.1 Å². The number of nitrogen functional groups attached to an aromatic ring is 1. The second-order valence-electron chi connectivity index (χ2n) is 4.19. The Labute approximate surface area is 106 Å². The second-order valence-corrected chi connectivity index (χ2v) is 4.19. The molecular weight excluding hydrogens is 226 g/mol. The van der Waals surface area contributed by atoms with Crippen LogP contribution in [0.15, 0.2) is 36.4 Å². The van der Waals surface area contributed by atoms with E-state index in [0.717, 1.165) is 16.9 Å². The third-order valence-corrected chi connectivity index (χ3v) is 2.65. The number of nitrogens with two attached hydrogens (primary N) is 1. The smallest absolute Gasteiger partial charge is 0.274 e. The van der Waals surface area contributed by atoms with E-state index in [4.69, 9.17) is 5.73 Å². The molecule has 0 fully saturated rings. The van der Waals surface area contributed by atoms with Gasteiger partial charge in [-0.3, -0.25) is 4.79 Å². The van der Waals surface area contributed by atoms with Crippen LogP contribution in [0.25, 0.3) is 0 Å². The van der Waals surface area contributed by atoms with Crippen molar-refractivity contribution in [2.45, 2.75) is 13.8 Å². The van der Waals surface area contributed by atoms with Crippen LogP contribution >= 0.6 is 0 Å². The van der Waals surface area contributed by atoms with Gasteiger partial charge in [-0.05, 0) is 49.7 Å². The van der Waals surface area contributed by atoms with Gasteiger partial charge >= 0.3 is 0 Å². The van der Waals surface area contributed by atoms with Crippen molar-refractivity contribution in [2.24, 2.45) is 0 Å². The van der Waals surface area contributed by atoms with Crippen LogP contribution in [-0.2, 0) is 0 Å². The molecule has 0 aliphatic heterocycles. The van der Waals surface area contributed by atoms with E-state index in [2.05, 4.69) is 10.3 Å². The first kappa shape index (κ1) is 12.1. The number of amides is 1. The van der Waals surface area contributed by atoms with E-state index in [0.29, 0.717) is 11.4 Å². The molecule has 1 amide bonds. The Morgan fingerprint density at radius 3 is 2.67 bits per heavy atom. The van der Waals surface area contributed by atoms with E-state index in [1.54, 1.807) is 18.2 Å². The molecule has 4 heteroatoms. The predicted octanol–water partition coefficient (Wildman–Crippen LogP) is 2.53. The van der Waals surface area contributed by atoms with Crippen molar-refractivity contribution in [2.75, 3.05) is 11.1 Å². The number of aryl methyl sites for hydroxylation is 2. The molecule has 1 aromatic carbocycles. The third kappa shape index (κ3) is 2.66. The molecule has 0 bridgehead atoms. The van der Waals surface area contributed by atoms with Crippen molar-refractivity contribution >= 4 is 17.3 Å². The number of aromatic nitrogens is 1. The molecule has 0 unspecified atom stereocenters. The van der Waals surface area contributed by atoms with Gasteiger partial charge in [-0.25, -0.2) is 4.98 Å². The quantitative estimate of drug-likeness (QED) is 0.794. The zero-order chi connectivity index (χ0) is 13.1. The molecule has 0 atom stereocenters. The number of rotatable bonds is 2. The van der Waals surface area contributed by atoms with Crippen LogP contribution in [0.5, 0.6) is 0 Å². The van der Waals surface area contributed by atoms with E-state index in [9.17, 15) is 4.79 Å². The lowest BCUT2D eigenvalue weighted by Gasteiger charge is -2.07. The van der Waals surface area contributed by atoms with Gasteiger partial charge in [0.1, 0.15) is 5.69 Å². The minimum atomic E-state index is -0.220. The maximum absolute atomic E-state index is 12.0. The summed E-state index contributed by atoms with van der Waals surface area (Å²) in [6.45, 7) is 3.75. The molecule has 2 aromatic rings. The van der Waals surface area contributed by atoms with Crippen LogP contribution in [0.1, 0.15) is 21.7 Å². The summed E-state index contributed by atoms with van der Waals surface area (Å²) >= 11 is 0. The van der Waals surface area contributed by atoms with Crippen molar-refractivity contribution < 1.29 is 4.79 Å². The van der Waals surface area contributed by atoms with E-state index in [-0.39, 0.29) is 5.91 Å². The summed E-state index contributed by atoms with van der Waals surface area (Å²) in [5, 5.41) is 2.80. The van der Waals surface area contributed by atoms with Gasteiger partial charge in [0.25, 0.3) is 5.91 Å². The van der Waals surface area contributed by atoms with Crippen molar-refractivity contribution in [3.63, 3.8) is 0 Å². The molecule has 0 saturated carbocycles. The number of carbonyl (C=O) groups excluding carboxylic acids is 1. The Morgan fingerprint density at radius 1 is 1.22 bits per heavy atom. The van der Waals surface area contributed by atoms with Crippen molar-refractivity contribution in [3.8, 4) is 0 Å². The molecule has 1 aromatic heterocycles. The number of benzene rings is 1. The number of hydrogen-bond donors (Lipinski definition) is 2. The summed E-state index contributed by atoms with van der Waals surface area (Å²) in [4.78, 5) is 16.1.